The molecule has 0 aliphatic carbocycles. The van der Waals surface area contributed by atoms with Crippen LogP contribution in [0, 0.1) is 0 Å². The molecule has 1 N–H and O–H groups in total. The summed E-state index contributed by atoms with van der Waals surface area (Å²) in [5.74, 6) is 0.694. The van der Waals surface area contributed by atoms with Crippen LogP contribution in [-0.2, 0) is 4.57 Å². The van der Waals surface area contributed by atoms with E-state index in [-0.39, 0.29) is 13.5 Å². The first kappa shape index (κ1) is 17.0. The fourth-order valence-corrected chi connectivity index (χ4v) is 4.28. The average Bonchev–Trinajstić information content (AvgIpc) is 2.73. The smallest absolute Gasteiger partial charge is 0.395 e. The highest BCUT2D eigenvalue weighted by atomic mass is 32.1. The Labute approximate surface area is 157 Å². The molecule has 0 aromatic heterocycles. The van der Waals surface area contributed by atoms with Gasteiger partial charge < -0.3 is 9.05 Å². The van der Waals surface area contributed by atoms with Crippen molar-refractivity contribution in [2.45, 2.75) is 0 Å². The van der Waals surface area contributed by atoms with E-state index >= 15 is 0 Å². The van der Waals surface area contributed by atoms with E-state index < -0.39 is 7.82 Å². The van der Waals surface area contributed by atoms with Crippen LogP contribution >= 0.6 is 21.3 Å². The standard InChI is InChI=1S/C20H13O4P.H2S/c21-25(22)23-17-11-9-13-5-1-3-7-15(13)19(17)20-16-8-4-2-6-14(16)10-12-18(20)24-25;/h1-12H,(H,21,22);1H2. The van der Waals surface area contributed by atoms with Crippen molar-refractivity contribution in [1.82, 2.24) is 0 Å². The minimum atomic E-state index is -4.25. The molecule has 4 aromatic carbocycles. The molecule has 0 fully saturated rings. The van der Waals surface area contributed by atoms with Gasteiger partial charge in [0.15, 0.2) is 0 Å². The quantitative estimate of drug-likeness (QED) is 0.400. The number of hydrogen-bond donors (Lipinski definition) is 1. The van der Waals surface area contributed by atoms with Crippen molar-refractivity contribution in [1.29, 1.82) is 0 Å². The largest absolute Gasteiger partial charge is 0.584 e. The summed E-state index contributed by atoms with van der Waals surface area (Å²) in [4.78, 5) is 10.1. The summed E-state index contributed by atoms with van der Waals surface area (Å²) in [5, 5.41) is 3.95. The topological polar surface area (TPSA) is 55.8 Å². The summed E-state index contributed by atoms with van der Waals surface area (Å²) in [6.45, 7) is 0. The van der Waals surface area contributed by atoms with Crippen LogP contribution in [0.5, 0.6) is 11.5 Å². The minimum Gasteiger partial charge on any atom is -0.395 e. The fourth-order valence-electron chi connectivity index (χ4n) is 3.44. The van der Waals surface area contributed by atoms with Crippen LogP contribution in [0.2, 0.25) is 0 Å². The average molecular weight is 382 g/mol. The second-order valence-electron chi connectivity index (χ2n) is 5.97. The number of fused-ring (bicyclic) bond motifs is 7. The normalized spacial score (nSPS) is 14.3. The molecule has 130 valence electrons. The zero-order valence-corrected chi connectivity index (χ0v) is 15.4. The first-order chi connectivity index (χ1) is 12.1. The van der Waals surface area contributed by atoms with Gasteiger partial charge in [0.05, 0.1) is 0 Å². The Balaban J connectivity index is 0.00000168. The summed E-state index contributed by atoms with van der Waals surface area (Å²) in [6, 6.07) is 23.0. The Hall–Kier alpha value is -2.46. The Morgan fingerprint density at radius 2 is 1.08 bits per heavy atom. The Morgan fingerprint density at radius 1 is 0.654 bits per heavy atom. The molecule has 1 aliphatic rings. The number of phosphoric acid groups is 1. The highest BCUT2D eigenvalue weighted by Gasteiger charge is 2.33. The van der Waals surface area contributed by atoms with Crippen molar-refractivity contribution in [2.24, 2.45) is 0 Å². The molecule has 0 radical (unpaired) electrons. The third kappa shape index (κ3) is 2.56. The van der Waals surface area contributed by atoms with Gasteiger partial charge in [0.2, 0.25) is 0 Å². The second kappa shape index (κ2) is 6.06. The van der Waals surface area contributed by atoms with Crippen molar-refractivity contribution in [3.63, 3.8) is 0 Å². The molecular weight excluding hydrogens is 367 g/mol. The molecule has 4 nitrogen and oxygen atoms in total. The Kier molecular flexibility index (Phi) is 3.96. The van der Waals surface area contributed by atoms with E-state index in [0.717, 1.165) is 32.7 Å². The van der Waals surface area contributed by atoms with Crippen LogP contribution in [0.25, 0.3) is 32.7 Å². The molecule has 5 rings (SSSR count). The molecule has 0 saturated carbocycles. The van der Waals surface area contributed by atoms with E-state index in [4.69, 9.17) is 9.05 Å². The molecule has 0 spiro atoms. The van der Waals surface area contributed by atoms with Gasteiger partial charge in [0.1, 0.15) is 11.5 Å². The molecule has 0 bridgehead atoms. The summed E-state index contributed by atoms with van der Waals surface area (Å²) < 4.78 is 23.1. The number of benzene rings is 4. The van der Waals surface area contributed by atoms with Gasteiger partial charge in [-0.1, -0.05) is 60.7 Å². The maximum atomic E-state index is 12.4. The van der Waals surface area contributed by atoms with Crippen molar-refractivity contribution >= 4 is 42.9 Å². The van der Waals surface area contributed by atoms with Gasteiger partial charge in [-0.3, -0.25) is 4.89 Å². The maximum Gasteiger partial charge on any atom is 0.584 e. The van der Waals surface area contributed by atoms with Gasteiger partial charge in [-0.15, -0.1) is 0 Å². The number of rotatable bonds is 0. The Morgan fingerprint density at radius 3 is 1.54 bits per heavy atom. The lowest BCUT2D eigenvalue weighted by molar-refractivity contribution is 0.294. The van der Waals surface area contributed by atoms with E-state index in [1.165, 1.54) is 0 Å². The SMILES string of the molecule is O=P1(O)Oc2ccc3ccccc3c2-c2c(ccc3ccccc23)O1.S. The van der Waals surface area contributed by atoms with E-state index in [0.29, 0.717) is 11.5 Å². The first-order valence-electron chi connectivity index (χ1n) is 7.88. The molecule has 1 heterocycles. The summed E-state index contributed by atoms with van der Waals surface area (Å²) in [5.41, 5.74) is 1.55. The van der Waals surface area contributed by atoms with E-state index in [9.17, 15) is 9.46 Å². The molecule has 4 aromatic rings. The lowest BCUT2D eigenvalue weighted by atomic mass is 9.92. The first-order valence-corrected chi connectivity index (χ1v) is 9.38. The summed E-state index contributed by atoms with van der Waals surface area (Å²) in [6.07, 6.45) is 0. The third-order valence-corrected chi connectivity index (χ3v) is 5.31. The highest BCUT2D eigenvalue weighted by molar-refractivity contribution is 7.59. The Bertz CT molecular complexity index is 1110. The van der Waals surface area contributed by atoms with Crippen molar-refractivity contribution < 1.29 is 18.5 Å². The number of hydrogen-bond acceptors (Lipinski definition) is 3. The molecule has 0 atom stereocenters. The van der Waals surface area contributed by atoms with Crippen LogP contribution in [-0.4, -0.2) is 4.89 Å². The van der Waals surface area contributed by atoms with Crippen molar-refractivity contribution in [2.75, 3.05) is 0 Å². The predicted molar refractivity (Wildman–Crippen MR) is 108 cm³/mol. The van der Waals surface area contributed by atoms with Crippen molar-refractivity contribution in [3.05, 3.63) is 72.8 Å². The van der Waals surface area contributed by atoms with Gasteiger partial charge >= 0.3 is 7.82 Å². The lowest BCUT2D eigenvalue weighted by Crippen LogP contribution is -1.97. The predicted octanol–water partition coefficient (Wildman–Crippen LogP) is 5.64. The molecule has 0 saturated heterocycles. The zero-order valence-electron chi connectivity index (χ0n) is 13.5. The van der Waals surface area contributed by atoms with E-state index in [1.807, 2.05) is 60.7 Å². The van der Waals surface area contributed by atoms with E-state index in [2.05, 4.69) is 0 Å². The monoisotopic (exact) mass is 382 g/mol. The summed E-state index contributed by atoms with van der Waals surface area (Å²) in [7, 11) is -4.25. The molecule has 6 heteroatoms. The summed E-state index contributed by atoms with van der Waals surface area (Å²) >= 11 is 0. The van der Waals surface area contributed by atoms with Gasteiger partial charge in [0.25, 0.3) is 0 Å². The molecular formula is C20H15O4PS. The minimum absolute atomic E-state index is 0. The van der Waals surface area contributed by atoms with Crippen LogP contribution < -0.4 is 9.05 Å². The van der Waals surface area contributed by atoms with Gasteiger partial charge in [-0.25, -0.2) is 4.57 Å². The molecule has 1 aliphatic heterocycles. The van der Waals surface area contributed by atoms with Gasteiger partial charge in [-0.2, -0.15) is 13.5 Å². The van der Waals surface area contributed by atoms with Crippen LogP contribution in [0.4, 0.5) is 0 Å². The second-order valence-corrected chi connectivity index (χ2v) is 7.27. The number of phosphoric ester groups is 1. The molecule has 0 unspecified atom stereocenters. The maximum absolute atomic E-state index is 12.4. The fraction of sp³-hybridized carbons (Fsp3) is 0. The van der Waals surface area contributed by atoms with Gasteiger partial charge in [0, 0.05) is 11.1 Å². The van der Waals surface area contributed by atoms with E-state index in [1.54, 1.807) is 12.1 Å². The zero-order chi connectivity index (χ0) is 17.0. The van der Waals surface area contributed by atoms with Crippen LogP contribution in [0.15, 0.2) is 72.8 Å². The molecule has 26 heavy (non-hydrogen) atoms. The molecule has 0 amide bonds. The van der Waals surface area contributed by atoms with Crippen LogP contribution in [0.1, 0.15) is 0 Å². The van der Waals surface area contributed by atoms with Gasteiger partial charge in [-0.05, 0) is 33.7 Å². The van der Waals surface area contributed by atoms with Crippen molar-refractivity contribution in [3.8, 4) is 22.6 Å². The van der Waals surface area contributed by atoms with Crippen LogP contribution in [0.3, 0.4) is 0 Å². The highest BCUT2D eigenvalue weighted by Crippen LogP contribution is 2.56. The lowest BCUT2D eigenvalue weighted by Gasteiger charge is -2.13. The third-order valence-electron chi connectivity index (χ3n) is 4.46.